The Morgan fingerprint density at radius 2 is 2.00 bits per heavy atom. The molecular formula is C14H27ClN4O2. The van der Waals surface area contributed by atoms with Gasteiger partial charge in [-0.25, -0.2) is 0 Å². The lowest BCUT2D eigenvalue weighted by atomic mass is 9.96. The molecule has 0 aliphatic heterocycles. The van der Waals surface area contributed by atoms with Crippen molar-refractivity contribution in [2.75, 3.05) is 13.1 Å². The number of unbranched alkanes of at least 4 members (excludes halogenated alkanes) is 1. The van der Waals surface area contributed by atoms with Crippen LogP contribution in [0.2, 0.25) is 0 Å². The molecule has 0 atom stereocenters. The molecule has 21 heavy (non-hydrogen) atoms. The minimum atomic E-state index is -0.109. The number of aromatic nitrogens is 2. The van der Waals surface area contributed by atoms with Crippen LogP contribution in [-0.2, 0) is 16.6 Å². The Hall–Kier alpha value is -1.14. The fourth-order valence-corrected chi connectivity index (χ4v) is 1.65. The molecule has 0 spiro atoms. The van der Waals surface area contributed by atoms with Crippen LogP contribution in [0.1, 0.15) is 58.2 Å². The number of halogens is 1. The summed E-state index contributed by atoms with van der Waals surface area (Å²) in [6.07, 6.45) is 3.71. The number of nitrogens with two attached hydrogens (primary N) is 1. The lowest BCUT2D eigenvalue weighted by molar-refractivity contribution is -0.121. The van der Waals surface area contributed by atoms with Gasteiger partial charge in [-0.15, -0.1) is 12.4 Å². The highest BCUT2D eigenvalue weighted by Crippen LogP contribution is 2.18. The Morgan fingerprint density at radius 3 is 2.57 bits per heavy atom. The molecule has 1 heterocycles. The molecule has 0 radical (unpaired) electrons. The number of hydrogen-bond acceptors (Lipinski definition) is 5. The minimum Gasteiger partial charge on any atom is -0.356 e. The molecule has 0 aliphatic rings. The van der Waals surface area contributed by atoms with Crippen LogP contribution in [0.3, 0.4) is 0 Å². The van der Waals surface area contributed by atoms with E-state index in [1.165, 1.54) is 0 Å². The van der Waals surface area contributed by atoms with Crippen LogP contribution >= 0.6 is 12.4 Å². The van der Waals surface area contributed by atoms with Gasteiger partial charge in [-0.2, -0.15) is 4.98 Å². The van der Waals surface area contributed by atoms with E-state index in [1.54, 1.807) is 0 Å². The molecule has 0 saturated carbocycles. The van der Waals surface area contributed by atoms with Crippen molar-refractivity contribution < 1.29 is 9.32 Å². The number of nitrogens with one attached hydrogen (secondary N) is 1. The first-order valence-corrected chi connectivity index (χ1v) is 7.23. The second-order valence-corrected chi connectivity index (χ2v) is 5.96. The van der Waals surface area contributed by atoms with E-state index in [1.807, 2.05) is 20.8 Å². The number of hydrogen-bond donors (Lipinski definition) is 2. The smallest absolute Gasteiger partial charge is 0.226 e. The average Bonchev–Trinajstić information content (AvgIpc) is 2.83. The van der Waals surface area contributed by atoms with E-state index in [9.17, 15) is 4.79 Å². The molecule has 6 nitrogen and oxygen atoms in total. The summed E-state index contributed by atoms with van der Waals surface area (Å²) in [4.78, 5) is 15.9. The monoisotopic (exact) mass is 318 g/mol. The van der Waals surface area contributed by atoms with Crippen molar-refractivity contribution in [1.82, 2.24) is 15.5 Å². The largest absolute Gasteiger partial charge is 0.356 e. The van der Waals surface area contributed by atoms with Crippen molar-refractivity contribution in [3.8, 4) is 0 Å². The van der Waals surface area contributed by atoms with Gasteiger partial charge in [0.2, 0.25) is 11.8 Å². The van der Waals surface area contributed by atoms with Gasteiger partial charge < -0.3 is 15.6 Å². The third kappa shape index (κ3) is 8.02. The highest BCUT2D eigenvalue weighted by atomic mass is 35.5. The Morgan fingerprint density at radius 1 is 1.29 bits per heavy atom. The quantitative estimate of drug-likeness (QED) is 0.715. The summed E-state index contributed by atoms with van der Waals surface area (Å²) in [6, 6.07) is 0. The van der Waals surface area contributed by atoms with E-state index in [0.717, 1.165) is 12.8 Å². The van der Waals surface area contributed by atoms with Crippen LogP contribution < -0.4 is 11.1 Å². The van der Waals surface area contributed by atoms with E-state index in [-0.39, 0.29) is 23.7 Å². The lowest BCUT2D eigenvalue weighted by Crippen LogP contribution is -2.24. The first kappa shape index (κ1) is 19.9. The predicted molar refractivity (Wildman–Crippen MR) is 84.5 cm³/mol. The van der Waals surface area contributed by atoms with Crippen molar-refractivity contribution >= 4 is 18.3 Å². The number of rotatable bonds is 8. The number of carbonyl (C=O) groups is 1. The zero-order valence-corrected chi connectivity index (χ0v) is 14.0. The maximum Gasteiger partial charge on any atom is 0.226 e. The topological polar surface area (TPSA) is 94.0 Å². The van der Waals surface area contributed by atoms with Crippen LogP contribution in [0, 0.1) is 0 Å². The molecule has 122 valence electrons. The van der Waals surface area contributed by atoms with E-state index < -0.39 is 0 Å². The fraction of sp³-hybridized carbons (Fsp3) is 0.786. The third-order valence-corrected chi connectivity index (χ3v) is 2.89. The Balaban J connectivity index is 0.00000400. The molecule has 7 heteroatoms. The summed E-state index contributed by atoms with van der Waals surface area (Å²) in [7, 11) is 0. The van der Waals surface area contributed by atoms with Crippen molar-refractivity contribution in [3.05, 3.63) is 11.7 Å². The van der Waals surface area contributed by atoms with Crippen LogP contribution in [0.15, 0.2) is 4.52 Å². The Kier molecular flexibility index (Phi) is 9.21. The molecular weight excluding hydrogens is 292 g/mol. The summed E-state index contributed by atoms with van der Waals surface area (Å²) < 4.78 is 5.18. The average molecular weight is 319 g/mol. The number of aryl methyl sites for hydroxylation is 1. The van der Waals surface area contributed by atoms with Gasteiger partial charge in [0.15, 0.2) is 5.82 Å². The first-order chi connectivity index (χ1) is 9.43. The third-order valence-electron chi connectivity index (χ3n) is 2.89. The molecule has 0 fully saturated rings. The Bertz CT molecular complexity index is 415. The maximum atomic E-state index is 11.6. The molecule has 1 amide bonds. The van der Waals surface area contributed by atoms with Crippen LogP contribution in [0.25, 0.3) is 0 Å². The van der Waals surface area contributed by atoms with Crippen molar-refractivity contribution in [1.29, 1.82) is 0 Å². The van der Waals surface area contributed by atoms with E-state index in [2.05, 4.69) is 15.5 Å². The number of amides is 1. The van der Waals surface area contributed by atoms with Crippen LogP contribution in [-0.4, -0.2) is 29.1 Å². The molecule has 1 aromatic heterocycles. The lowest BCUT2D eigenvalue weighted by Gasteiger charge is -2.10. The molecule has 0 bridgehead atoms. The first-order valence-electron chi connectivity index (χ1n) is 7.23. The van der Waals surface area contributed by atoms with Gasteiger partial charge in [0.05, 0.1) is 0 Å². The highest BCUT2D eigenvalue weighted by Gasteiger charge is 2.20. The number of nitrogens with zero attached hydrogens (tertiary/aromatic N) is 2. The highest BCUT2D eigenvalue weighted by molar-refractivity contribution is 5.85. The molecule has 3 N–H and O–H groups in total. The number of carbonyl (C=O) groups excluding carboxylic acids is 1. The van der Waals surface area contributed by atoms with Crippen LogP contribution in [0.5, 0.6) is 0 Å². The van der Waals surface area contributed by atoms with Gasteiger partial charge in [-0.1, -0.05) is 25.9 Å². The van der Waals surface area contributed by atoms with Crippen LogP contribution in [0.4, 0.5) is 0 Å². The van der Waals surface area contributed by atoms with Crippen molar-refractivity contribution in [3.63, 3.8) is 0 Å². The summed E-state index contributed by atoms with van der Waals surface area (Å²) in [6.45, 7) is 7.48. The van der Waals surface area contributed by atoms with Gasteiger partial charge in [0, 0.05) is 24.8 Å². The second kappa shape index (κ2) is 9.73. The molecule has 1 rings (SSSR count). The van der Waals surface area contributed by atoms with E-state index >= 15 is 0 Å². The molecule has 1 aromatic rings. The van der Waals surface area contributed by atoms with Gasteiger partial charge in [-0.05, 0) is 25.8 Å². The minimum absolute atomic E-state index is 0. The summed E-state index contributed by atoms with van der Waals surface area (Å²) in [5.41, 5.74) is 5.28. The van der Waals surface area contributed by atoms with Gasteiger partial charge in [-0.3, -0.25) is 4.79 Å². The van der Waals surface area contributed by atoms with Gasteiger partial charge >= 0.3 is 0 Å². The summed E-state index contributed by atoms with van der Waals surface area (Å²) >= 11 is 0. The van der Waals surface area contributed by atoms with Crippen molar-refractivity contribution in [2.24, 2.45) is 5.73 Å². The Labute approximate surface area is 132 Å². The van der Waals surface area contributed by atoms with E-state index in [4.69, 9.17) is 10.3 Å². The SMILES string of the molecule is CC(C)(C)c1noc(CCCC(=O)NCCCCN)n1.Cl. The standard InChI is InChI=1S/C14H26N4O2.ClH/c1-14(2,3)13-17-12(20-18-13)8-6-7-11(19)16-10-5-4-9-15;/h4-10,15H2,1-3H3,(H,16,19);1H. The van der Waals surface area contributed by atoms with Crippen molar-refractivity contribution in [2.45, 2.75) is 58.3 Å². The molecule has 0 aliphatic carbocycles. The maximum absolute atomic E-state index is 11.6. The second-order valence-electron chi connectivity index (χ2n) is 5.96. The van der Waals surface area contributed by atoms with Gasteiger partial charge in [0.25, 0.3) is 0 Å². The summed E-state index contributed by atoms with van der Waals surface area (Å²) in [5, 5.41) is 6.83. The molecule has 0 unspecified atom stereocenters. The predicted octanol–water partition coefficient (Wildman–Crippen LogP) is 1.97. The normalized spacial score (nSPS) is 11.0. The van der Waals surface area contributed by atoms with Gasteiger partial charge in [0.1, 0.15) is 0 Å². The zero-order valence-electron chi connectivity index (χ0n) is 13.1. The van der Waals surface area contributed by atoms with E-state index in [0.29, 0.717) is 44.1 Å². The molecule has 0 aromatic carbocycles. The zero-order chi connectivity index (χ0) is 15.0. The summed E-state index contributed by atoms with van der Waals surface area (Å²) in [5.74, 6) is 1.38. The fourth-order valence-electron chi connectivity index (χ4n) is 1.65. The molecule has 0 saturated heterocycles.